The fourth-order valence-electron chi connectivity index (χ4n) is 1.70. The standard InChI is InChI=1S/C12H8BrN/c13-10-6-3-5-9-8-4-1-2-7-11(8)14-12(9)10/h1-7,14H/i2D,4D. The summed E-state index contributed by atoms with van der Waals surface area (Å²) >= 11 is 3.48. The molecule has 68 valence electrons. The number of aromatic amines is 1. The van der Waals surface area contributed by atoms with Gasteiger partial charge in [-0.1, -0.05) is 30.3 Å². The molecule has 0 saturated carbocycles. The Morgan fingerprint density at radius 1 is 1.14 bits per heavy atom. The van der Waals surface area contributed by atoms with Crippen molar-refractivity contribution in [2.24, 2.45) is 0 Å². The molecule has 0 aliphatic carbocycles. The van der Waals surface area contributed by atoms with Gasteiger partial charge in [-0.3, -0.25) is 0 Å². The molecule has 1 N–H and O–H groups in total. The minimum atomic E-state index is 0.361. The van der Waals surface area contributed by atoms with E-state index in [0.717, 1.165) is 26.3 Å². The van der Waals surface area contributed by atoms with E-state index in [1.807, 2.05) is 18.2 Å². The Bertz CT molecular complexity index is 703. The molecule has 0 unspecified atom stereocenters. The predicted octanol–water partition coefficient (Wildman–Crippen LogP) is 4.08. The largest absolute Gasteiger partial charge is 0.354 e. The minimum absolute atomic E-state index is 0.361. The van der Waals surface area contributed by atoms with Crippen molar-refractivity contribution in [2.75, 3.05) is 0 Å². The highest BCUT2D eigenvalue weighted by atomic mass is 79.9. The van der Waals surface area contributed by atoms with Gasteiger partial charge in [0.1, 0.15) is 0 Å². The molecular weight excluding hydrogens is 238 g/mol. The molecular formula is C12H8BrN. The summed E-state index contributed by atoms with van der Waals surface area (Å²) in [4.78, 5) is 3.24. The number of aromatic nitrogens is 1. The van der Waals surface area contributed by atoms with Crippen LogP contribution in [-0.4, -0.2) is 4.98 Å². The van der Waals surface area contributed by atoms with Gasteiger partial charge in [-0.05, 0) is 28.1 Å². The predicted molar refractivity (Wildman–Crippen MR) is 63.5 cm³/mol. The molecule has 3 aromatic rings. The summed E-state index contributed by atoms with van der Waals surface area (Å²) in [6.07, 6.45) is 0. The fraction of sp³-hybridized carbons (Fsp3) is 0. The third-order valence-electron chi connectivity index (χ3n) is 2.34. The second-order valence-corrected chi connectivity index (χ2v) is 4.03. The first-order valence-corrected chi connectivity index (χ1v) is 5.13. The second-order valence-electron chi connectivity index (χ2n) is 3.18. The number of para-hydroxylation sites is 2. The molecule has 0 bridgehead atoms. The average Bonchev–Trinajstić information content (AvgIpc) is 2.57. The summed E-state index contributed by atoms with van der Waals surface area (Å²) in [5.41, 5.74) is 1.83. The van der Waals surface area contributed by atoms with E-state index >= 15 is 0 Å². The quantitative estimate of drug-likeness (QED) is 0.616. The molecule has 3 rings (SSSR count). The van der Waals surface area contributed by atoms with E-state index < -0.39 is 0 Å². The fourth-order valence-corrected chi connectivity index (χ4v) is 2.17. The molecule has 0 amide bonds. The van der Waals surface area contributed by atoms with E-state index in [1.165, 1.54) is 0 Å². The van der Waals surface area contributed by atoms with Gasteiger partial charge in [-0.15, -0.1) is 0 Å². The van der Waals surface area contributed by atoms with Crippen LogP contribution in [0.4, 0.5) is 0 Å². The first-order valence-electron chi connectivity index (χ1n) is 5.34. The smallest absolute Gasteiger partial charge is 0.0630 e. The number of hydrogen-bond acceptors (Lipinski definition) is 0. The first kappa shape index (κ1) is 6.25. The monoisotopic (exact) mass is 247 g/mol. The van der Waals surface area contributed by atoms with Crippen LogP contribution in [0.2, 0.25) is 0 Å². The van der Waals surface area contributed by atoms with Crippen molar-refractivity contribution >= 4 is 37.7 Å². The molecule has 1 nitrogen and oxygen atoms in total. The van der Waals surface area contributed by atoms with Crippen LogP contribution in [0.25, 0.3) is 21.8 Å². The summed E-state index contributed by atoms with van der Waals surface area (Å²) in [6, 6.07) is 9.97. The van der Waals surface area contributed by atoms with Crippen molar-refractivity contribution in [1.82, 2.24) is 4.98 Å². The van der Waals surface area contributed by atoms with Crippen molar-refractivity contribution in [3.8, 4) is 0 Å². The SMILES string of the molecule is [2H]c1cc([2H])c2c(c1)[nH]c1c(Br)cccc12. The van der Waals surface area contributed by atoms with E-state index in [2.05, 4.69) is 20.9 Å². The van der Waals surface area contributed by atoms with Crippen molar-refractivity contribution < 1.29 is 2.74 Å². The molecule has 1 aromatic heterocycles. The number of rotatable bonds is 0. The van der Waals surface area contributed by atoms with E-state index in [9.17, 15) is 0 Å². The molecule has 2 aromatic carbocycles. The zero-order valence-corrected chi connectivity index (χ0v) is 8.85. The van der Waals surface area contributed by atoms with Crippen LogP contribution in [0.1, 0.15) is 2.74 Å². The Balaban J connectivity index is 2.61. The highest BCUT2D eigenvalue weighted by molar-refractivity contribution is 9.10. The average molecular weight is 248 g/mol. The van der Waals surface area contributed by atoms with Gasteiger partial charge in [-0.2, -0.15) is 0 Å². The zero-order chi connectivity index (χ0) is 11.3. The van der Waals surface area contributed by atoms with Crippen molar-refractivity contribution in [2.45, 2.75) is 0 Å². The van der Waals surface area contributed by atoms with E-state index in [0.29, 0.717) is 12.1 Å². The van der Waals surface area contributed by atoms with Crippen molar-refractivity contribution in [3.63, 3.8) is 0 Å². The van der Waals surface area contributed by atoms with Gasteiger partial charge in [0, 0.05) is 20.8 Å². The lowest BCUT2D eigenvalue weighted by molar-refractivity contribution is 1.53. The van der Waals surface area contributed by atoms with Gasteiger partial charge in [0.2, 0.25) is 0 Å². The topological polar surface area (TPSA) is 15.8 Å². The number of fused-ring (bicyclic) bond motifs is 3. The number of H-pyrrole nitrogens is 1. The molecule has 0 atom stereocenters. The lowest BCUT2D eigenvalue weighted by Crippen LogP contribution is -1.68. The zero-order valence-electron chi connectivity index (χ0n) is 9.26. The molecule has 0 fully saturated rings. The van der Waals surface area contributed by atoms with Crippen molar-refractivity contribution in [1.29, 1.82) is 0 Å². The van der Waals surface area contributed by atoms with Crippen molar-refractivity contribution in [3.05, 3.63) is 46.9 Å². The summed E-state index contributed by atoms with van der Waals surface area (Å²) in [7, 11) is 0. The van der Waals surface area contributed by atoms with Gasteiger partial charge in [0.15, 0.2) is 0 Å². The maximum Gasteiger partial charge on any atom is 0.0630 e. The van der Waals surface area contributed by atoms with Gasteiger partial charge in [-0.25, -0.2) is 0 Å². The van der Waals surface area contributed by atoms with Crippen LogP contribution < -0.4 is 0 Å². The van der Waals surface area contributed by atoms with Crippen LogP contribution in [-0.2, 0) is 0 Å². The molecule has 0 radical (unpaired) electrons. The second kappa shape index (κ2) is 2.85. The van der Waals surface area contributed by atoms with E-state index in [-0.39, 0.29) is 0 Å². The van der Waals surface area contributed by atoms with Gasteiger partial charge >= 0.3 is 0 Å². The summed E-state index contributed by atoms with van der Waals surface area (Å²) in [5, 5.41) is 1.90. The van der Waals surface area contributed by atoms with Gasteiger partial charge < -0.3 is 4.98 Å². The van der Waals surface area contributed by atoms with E-state index in [4.69, 9.17) is 2.74 Å². The molecule has 0 saturated heterocycles. The summed E-state index contributed by atoms with van der Waals surface area (Å²) < 4.78 is 16.5. The maximum absolute atomic E-state index is 7.92. The van der Waals surface area contributed by atoms with Crippen LogP contribution in [0.3, 0.4) is 0 Å². The van der Waals surface area contributed by atoms with Crippen LogP contribution in [0.15, 0.2) is 46.9 Å². The maximum atomic E-state index is 7.92. The molecule has 1 heterocycles. The third kappa shape index (κ3) is 1.01. The number of nitrogens with one attached hydrogen (secondary N) is 1. The van der Waals surface area contributed by atoms with Crippen LogP contribution >= 0.6 is 15.9 Å². The van der Waals surface area contributed by atoms with E-state index in [1.54, 1.807) is 12.1 Å². The Kier molecular flexibility index (Phi) is 1.27. The molecule has 2 heteroatoms. The highest BCUT2D eigenvalue weighted by Crippen LogP contribution is 2.29. The lowest BCUT2D eigenvalue weighted by atomic mass is 10.2. The number of benzene rings is 2. The highest BCUT2D eigenvalue weighted by Gasteiger charge is 2.04. The lowest BCUT2D eigenvalue weighted by Gasteiger charge is -1.92. The molecule has 0 aliphatic rings. The Hall–Kier alpha value is -1.28. The molecule has 0 spiro atoms. The van der Waals surface area contributed by atoms with Gasteiger partial charge in [0.05, 0.1) is 8.26 Å². The molecule has 0 aliphatic heterocycles. The summed E-state index contributed by atoms with van der Waals surface area (Å²) in [5.74, 6) is 0. The van der Waals surface area contributed by atoms with Crippen LogP contribution in [0, 0.1) is 0 Å². The Labute approximate surface area is 92.7 Å². The summed E-state index contributed by atoms with van der Waals surface area (Å²) in [6.45, 7) is 0. The Morgan fingerprint density at radius 2 is 2.07 bits per heavy atom. The van der Waals surface area contributed by atoms with Gasteiger partial charge in [0.25, 0.3) is 0 Å². The number of halogens is 1. The molecule has 14 heavy (non-hydrogen) atoms. The third-order valence-corrected chi connectivity index (χ3v) is 3.00. The number of hydrogen-bond donors (Lipinski definition) is 1. The normalized spacial score (nSPS) is 13.2. The first-order chi connectivity index (χ1) is 7.66. The minimum Gasteiger partial charge on any atom is -0.354 e. The Morgan fingerprint density at radius 3 is 3.00 bits per heavy atom. The van der Waals surface area contributed by atoms with Crippen LogP contribution in [0.5, 0.6) is 0 Å².